The quantitative estimate of drug-likeness (QED) is 0.313. The molecule has 1 amide bonds. The van der Waals surface area contributed by atoms with E-state index < -0.39 is 0 Å². The van der Waals surface area contributed by atoms with E-state index in [-0.39, 0.29) is 17.2 Å². The van der Waals surface area contributed by atoms with Gasteiger partial charge in [-0.3, -0.25) is 14.2 Å². The molecule has 34 heavy (non-hydrogen) atoms. The Labute approximate surface area is 202 Å². The van der Waals surface area contributed by atoms with Gasteiger partial charge in [0.15, 0.2) is 5.16 Å². The molecule has 174 valence electrons. The van der Waals surface area contributed by atoms with Crippen LogP contribution in [-0.4, -0.2) is 31.0 Å². The molecule has 0 saturated heterocycles. The van der Waals surface area contributed by atoms with Crippen LogP contribution in [0.2, 0.25) is 0 Å². The van der Waals surface area contributed by atoms with Crippen molar-refractivity contribution in [1.82, 2.24) is 19.3 Å². The first-order chi connectivity index (χ1) is 16.5. The first kappa shape index (κ1) is 22.4. The van der Waals surface area contributed by atoms with Crippen LogP contribution in [0.3, 0.4) is 0 Å². The summed E-state index contributed by atoms with van der Waals surface area (Å²) in [6.07, 6.45) is 6.28. The third kappa shape index (κ3) is 4.37. The van der Waals surface area contributed by atoms with E-state index in [1.54, 1.807) is 16.8 Å². The molecule has 1 saturated carbocycles. The maximum absolute atomic E-state index is 13.5. The number of thioether (sulfide) groups is 1. The zero-order valence-corrected chi connectivity index (χ0v) is 20.1. The van der Waals surface area contributed by atoms with Crippen LogP contribution in [0.1, 0.15) is 42.9 Å². The second-order valence-corrected chi connectivity index (χ2v) is 9.72. The van der Waals surface area contributed by atoms with E-state index in [1.807, 2.05) is 61.0 Å². The maximum Gasteiger partial charge on any atom is 0.266 e. The van der Waals surface area contributed by atoms with Crippen molar-refractivity contribution in [2.75, 3.05) is 11.1 Å². The lowest BCUT2D eigenvalue weighted by Crippen LogP contribution is -2.24. The Morgan fingerprint density at radius 2 is 1.91 bits per heavy atom. The lowest BCUT2D eigenvalue weighted by atomic mass is 10.1. The van der Waals surface area contributed by atoms with Gasteiger partial charge < -0.3 is 5.32 Å². The summed E-state index contributed by atoms with van der Waals surface area (Å²) in [5, 5.41) is 8.46. The van der Waals surface area contributed by atoms with Crippen molar-refractivity contribution < 1.29 is 4.79 Å². The summed E-state index contributed by atoms with van der Waals surface area (Å²) in [6.45, 7) is 4.00. The van der Waals surface area contributed by atoms with E-state index in [1.165, 1.54) is 24.6 Å². The average molecular weight is 474 g/mol. The summed E-state index contributed by atoms with van der Waals surface area (Å²) in [6, 6.07) is 15.5. The van der Waals surface area contributed by atoms with Crippen molar-refractivity contribution in [1.29, 1.82) is 0 Å². The molecule has 7 nitrogen and oxygen atoms in total. The Morgan fingerprint density at radius 1 is 1.12 bits per heavy atom. The molecule has 0 unspecified atom stereocenters. The number of anilines is 1. The predicted octanol–water partition coefficient (Wildman–Crippen LogP) is 5.04. The highest BCUT2D eigenvalue weighted by Crippen LogP contribution is 2.31. The van der Waals surface area contributed by atoms with Crippen molar-refractivity contribution >= 4 is 34.4 Å². The molecule has 1 aliphatic carbocycles. The molecule has 0 spiro atoms. The number of hydrogen-bond donors (Lipinski definition) is 1. The monoisotopic (exact) mass is 473 g/mol. The molecule has 0 bridgehead atoms. The lowest BCUT2D eigenvalue weighted by Gasteiger charge is -2.16. The zero-order chi connectivity index (χ0) is 23.7. The highest BCUT2D eigenvalue weighted by atomic mass is 32.2. The van der Waals surface area contributed by atoms with Gasteiger partial charge >= 0.3 is 0 Å². The molecule has 1 N–H and O–H groups in total. The van der Waals surface area contributed by atoms with Gasteiger partial charge in [-0.1, -0.05) is 54.4 Å². The second-order valence-electron chi connectivity index (χ2n) is 8.78. The average Bonchev–Trinajstić information content (AvgIpc) is 3.51. The third-order valence-corrected chi connectivity index (χ3v) is 7.22. The van der Waals surface area contributed by atoms with E-state index in [2.05, 4.69) is 10.4 Å². The molecule has 4 aromatic rings. The number of hydrogen-bond acceptors (Lipinski definition) is 5. The van der Waals surface area contributed by atoms with Crippen LogP contribution in [-0.2, 0) is 4.79 Å². The molecule has 2 aromatic heterocycles. The number of benzene rings is 2. The van der Waals surface area contributed by atoms with Crippen molar-refractivity contribution in [3.05, 3.63) is 76.2 Å². The Bertz CT molecular complexity index is 1420. The SMILES string of the molecule is Cc1ccc(-n2c(SCC(=O)Nc3ccnn3C3CCCC3)nc3ccccc3c2=O)c(C)c1. The fourth-order valence-electron chi connectivity index (χ4n) is 4.64. The molecule has 1 fully saturated rings. The van der Waals surface area contributed by atoms with Crippen LogP contribution in [0.5, 0.6) is 0 Å². The summed E-state index contributed by atoms with van der Waals surface area (Å²) in [5.41, 5.74) is 3.35. The Balaban J connectivity index is 1.44. The van der Waals surface area contributed by atoms with Gasteiger partial charge in [0, 0.05) is 6.07 Å². The number of aromatic nitrogens is 4. The van der Waals surface area contributed by atoms with Gasteiger partial charge in [-0.2, -0.15) is 5.10 Å². The van der Waals surface area contributed by atoms with E-state index in [0.717, 1.165) is 35.5 Å². The van der Waals surface area contributed by atoms with E-state index in [9.17, 15) is 9.59 Å². The smallest absolute Gasteiger partial charge is 0.266 e. The fourth-order valence-corrected chi connectivity index (χ4v) is 5.45. The Morgan fingerprint density at radius 3 is 2.71 bits per heavy atom. The number of para-hydroxylation sites is 1. The lowest BCUT2D eigenvalue weighted by molar-refractivity contribution is -0.113. The van der Waals surface area contributed by atoms with Crippen molar-refractivity contribution in [2.24, 2.45) is 0 Å². The maximum atomic E-state index is 13.5. The van der Waals surface area contributed by atoms with Gasteiger partial charge in [-0.05, 0) is 50.5 Å². The molecule has 2 heterocycles. The van der Waals surface area contributed by atoms with Gasteiger partial charge in [0.25, 0.3) is 5.56 Å². The first-order valence-electron chi connectivity index (χ1n) is 11.6. The van der Waals surface area contributed by atoms with Crippen molar-refractivity contribution in [2.45, 2.75) is 50.7 Å². The Hall–Kier alpha value is -3.39. The predicted molar refractivity (Wildman–Crippen MR) is 136 cm³/mol. The molecular formula is C26H27N5O2S. The molecule has 2 aromatic carbocycles. The van der Waals surface area contributed by atoms with Crippen molar-refractivity contribution in [3.63, 3.8) is 0 Å². The van der Waals surface area contributed by atoms with Crippen LogP contribution < -0.4 is 10.9 Å². The summed E-state index contributed by atoms with van der Waals surface area (Å²) < 4.78 is 3.55. The molecule has 1 aliphatic rings. The van der Waals surface area contributed by atoms with E-state index in [4.69, 9.17) is 4.98 Å². The summed E-state index contributed by atoms with van der Waals surface area (Å²) in [7, 11) is 0. The third-order valence-electron chi connectivity index (χ3n) is 6.28. The molecule has 8 heteroatoms. The number of nitrogens with one attached hydrogen (secondary N) is 1. The fraction of sp³-hybridized carbons (Fsp3) is 0.308. The minimum atomic E-state index is -0.153. The van der Waals surface area contributed by atoms with Crippen LogP contribution in [0.4, 0.5) is 5.82 Å². The molecule has 5 rings (SSSR count). The minimum Gasteiger partial charge on any atom is -0.310 e. The van der Waals surface area contributed by atoms with E-state index >= 15 is 0 Å². The first-order valence-corrected chi connectivity index (χ1v) is 12.6. The van der Waals surface area contributed by atoms with Gasteiger partial charge in [-0.15, -0.1) is 0 Å². The van der Waals surface area contributed by atoms with Crippen molar-refractivity contribution in [3.8, 4) is 5.69 Å². The van der Waals surface area contributed by atoms with Crippen LogP contribution >= 0.6 is 11.8 Å². The number of aryl methyl sites for hydroxylation is 2. The van der Waals surface area contributed by atoms with Crippen LogP contribution in [0.25, 0.3) is 16.6 Å². The zero-order valence-electron chi connectivity index (χ0n) is 19.3. The van der Waals surface area contributed by atoms with Gasteiger partial charge in [0.2, 0.25) is 5.91 Å². The number of fused-ring (bicyclic) bond motifs is 1. The summed E-state index contributed by atoms with van der Waals surface area (Å²) in [4.78, 5) is 31.1. The highest BCUT2D eigenvalue weighted by Gasteiger charge is 2.21. The van der Waals surface area contributed by atoms with Gasteiger partial charge in [-0.25, -0.2) is 9.67 Å². The minimum absolute atomic E-state index is 0.130. The van der Waals surface area contributed by atoms with Crippen LogP contribution in [0, 0.1) is 13.8 Å². The number of rotatable bonds is 6. The number of carbonyl (C=O) groups is 1. The van der Waals surface area contributed by atoms with Gasteiger partial charge in [0.1, 0.15) is 5.82 Å². The largest absolute Gasteiger partial charge is 0.310 e. The van der Waals surface area contributed by atoms with Crippen LogP contribution in [0.15, 0.2) is 64.7 Å². The number of amides is 1. The highest BCUT2D eigenvalue weighted by molar-refractivity contribution is 7.99. The summed E-state index contributed by atoms with van der Waals surface area (Å²) >= 11 is 1.26. The normalized spacial score (nSPS) is 14.1. The Kier molecular flexibility index (Phi) is 6.24. The topological polar surface area (TPSA) is 81.8 Å². The second kappa shape index (κ2) is 9.46. The number of nitrogens with zero attached hydrogens (tertiary/aromatic N) is 4. The number of carbonyl (C=O) groups excluding carboxylic acids is 1. The van der Waals surface area contributed by atoms with E-state index in [0.29, 0.717) is 22.1 Å². The summed E-state index contributed by atoms with van der Waals surface area (Å²) in [5.74, 6) is 0.695. The standard InChI is InChI=1S/C26H27N5O2S/c1-17-11-12-22(18(2)15-17)30-25(33)20-9-5-6-10-21(20)28-26(30)34-16-24(32)29-23-13-14-27-31(23)19-7-3-4-8-19/h5-6,9-15,19H,3-4,7-8,16H2,1-2H3,(H,29,32). The molecular weight excluding hydrogens is 446 g/mol. The molecule has 0 radical (unpaired) electrons. The van der Waals surface area contributed by atoms with Gasteiger partial charge in [0.05, 0.1) is 34.6 Å². The molecule has 0 atom stereocenters. The molecule has 0 aliphatic heterocycles.